The highest BCUT2D eigenvalue weighted by Crippen LogP contribution is 2.65. The van der Waals surface area contributed by atoms with E-state index in [1.807, 2.05) is 6.07 Å². The van der Waals surface area contributed by atoms with Crippen LogP contribution in [0.25, 0.3) is 0 Å². The van der Waals surface area contributed by atoms with Crippen molar-refractivity contribution in [1.29, 1.82) is 0 Å². The molecule has 1 aliphatic heterocycles. The van der Waals surface area contributed by atoms with E-state index in [0.29, 0.717) is 36.0 Å². The molecule has 6 rings (SSSR count). The lowest BCUT2D eigenvalue weighted by molar-refractivity contribution is -0.132. The van der Waals surface area contributed by atoms with Crippen LogP contribution in [0.3, 0.4) is 0 Å². The summed E-state index contributed by atoms with van der Waals surface area (Å²) in [6.45, 7) is 10.6. The Kier molecular flexibility index (Phi) is 7.37. The molecule has 39 heavy (non-hydrogen) atoms. The molecule has 5 heteroatoms. The van der Waals surface area contributed by atoms with Gasteiger partial charge < -0.3 is 20.0 Å². The normalized spacial score (nSPS) is 39.2. The van der Waals surface area contributed by atoms with Crippen LogP contribution in [0.5, 0.6) is 0 Å². The molecule has 0 aromatic heterocycles. The van der Waals surface area contributed by atoms with Gasteiger partial charge in [0.05, 0.1) is 12.2 Å². The number of carbonyl (C=O) groups excluding carboxylic acids is 1. The number of hydrogen-bond acceptors (Lipinski definition) is 4. The number of benzene rings is 1. The zero-order valence-electron chi connectivity index (χ0n) is 24.4. The van der Waals surface area contributed by atoms with Gasteiger partial charge in [-0.05, 0) is 99.0 Å². The third kappa shape index (κ3) is 4.66. The molecule has 0 radical (unpaired) electrons. The maximum absolute atomic E-state index is 13.2. The van der Waals surface area contributed by atoms with Gasteiger partial charge in [0, 0.05) is 43.7 Å². The van der Waals surface area contributed by atoms with Crippen LogP contribution in [-0.2, 0) is 4.79 Å². The number of hydrogen-bond donors (Lipinski definition) is 2. The zero-order chi connectivity index (χ0) is 27.4. The Labute approximate surface area is 235 Å². The third-order valence-electron chi connectivity index (χ3n) is 12.4. The topological polar surface area (TPSA) is 64.0 Å². The number of para-hydroxylation sites is 1. The lowest BCUT2D eigenvalue weighted by Crippen LogP contribution is -2.52. The molecule has 8 unspecified atom stereocenters. The first-order valence-corrected chi connectivity index (χ1v) is 15.9. The van der Waals surface area contributed by atoms with Crippen molar-refractivity contribution in [2.24, 2.45) is 34.5 Å². The van der Waals surface area contributed by atoms with E-state index in [9.17, 15) is 15.0 Å². The predicted octanol–water partition coefficient (Wildman–Crippen LogP) is 5.81. The van der Waals surface area contributed by atoms with E-state index in [0.717, 1.165) is 77.5 Å². The fraction of sp³-hybridized carbons (Fsp3) is 0.735. The lowest BCUT2D eigenvalue weighted by Gasteiger charge is -2.58. The number of amides is 1. The summed E-state index contributed by atoms with van der Waals surface area (Å²) >= 11 is 0. The van der Waals surface area contributed by atoms with Gasteiger partial charge in [-0.3, -0.25) is 4.79 Å². The first kappa shape index (κ1) is 27.3. The van der Waals surface area contributed by atoms with Gasteiger partial charge in [0.25, 0.3) is 0 Å². The van der Waals surface area contributed by atoms with E-state index in [1.165, 1.54) is 12.1 Å². The minimum absolute atomic E-state index is 0.136. The molecule has 3 saturated carbocycles. The van der Waals surface area contributed by atoms with Gasteiger partial charge in [-0.2, -0.15) is 0 Å². The van der Waals surface area contributed by atoms with Crippen LogP contribution in [0.1, 0.15) is 85.0 Å². The number of aliphatic hydroxyl groups is 2. The Morgan fingerprint density at radius 2 is 1.74 bits per heavy atom. The van der Waals surface area contributed by atoms with Crippen LogP contribution >= 0.6 is 0 Å². The number of carbonyl (C=O) groups is 1. The number of nitrogens with zero attached hydrogens (tertiary/aromatic N) is 2. The maximum atomic E-state index is 13.2. The average molecular weight is 535 g/mol. The summed E-state index contributed by atoms with van der Waals surface area (Å²) in [4.78, 5) is 17.6. The van der Waals surface area contributed by atoms with Crippen molar-refractivity contribution in [3.8, 4) is 0 Å². The summed E-state index contributed by atoms with van der Waals surface area (Å²) in [7, 11) is 0. The second-order valence-electron chi connectivity index (χ2n) is 14.1. The van der Waals surface area contributed by atoms with Gasteiger partial charge in [-0.25, -0.2) is 0 Å². The monoisotopic (exact) mass is 534 g/mol. The molecule has 1 heterocycles. The molecular weight excluding hydrogens is 484 g/mol. The number of aliphatic hydroxyl groups excluding tert-OH is 2. The highest BCUT2D eigenvalue weighted by atomic mass is 16.3. The molecule has 0 bridgehead atoms. The van der Waals surface area contributed by atoms with Gasteiger partial charge in [0.15, 0.2) is 0 Å². The number of rotatable bonds is 5. The number of fused-ring (bicyclic) bond motifs is 4. The predicted molar refractivity (Wildman–Crippen MR) is 156 cm³/mol. The summed E-state index contributed by atoms with van der Waals surface area (Å²) in [5.74, 6) is 2.23. The second kappa shape index (κ2) is 10.5. The Morgan fingerprint density at radius 1 is 1.00 bits per heavy atom. The Hall–Kier alpha value is -1.85. The number of piperazine rings is 1. The van der Waals surface area contributed by atoms with Gasteiger partial charge >= 0.3 is 0 Å². The summed E-state index contributed by atoms with van der Waals surface area (Å²) in [6.07, 6.45) is 9.52. The lowest BCUT2D eigenvalue weighted by atomic mass is 9.48. The van der Waals surface area contributed by atoms with Crippen molar-refractivity contribution in [3.63, 3.8) is 0 Å². The largest absolute Gasteiger partial charge is 0.393 e. The van der Waals surface area contributed by atoms with E-state index in [1.54, 1.807) is 11.1 Å². The molecule has 4 fully saturated rings. The molecule has 5 nitrogen and oxygen atoms in total. The van der Waals surface area contributed by atoms with Crippen molar-refractivity contribution in [3.05, 3.63) is 41.5 Å². The zero-order valence-corrected chi connectivity index (χ0v) is 24.4. The van der Waals surface area contributed by atoms with E-state index in [-0.39, 0.29) is 23.0 Å². The fourth-order valence-corrected chi connectivity index (χ4v) is 9.93. The van der Waals surface area contributed by atoms with Crippen LogP contribution in [0.4, 0.5) is 5.69 Å². The van der Waals surface area contributed by atoms with Gasteiger partial charge in [-0.15, -0.1) is 0 Å². The maximum Gasteiger partial charge on any atom is 0.222 e. The summed E-state index contributed by atoms with van der Waals surface area (Å²) in [6, 6.07) is 10.5. The van der Waals surface area contributed by atoms with Crippen molar-refractivity contribution in [1.82, 2.24) is 4.90 Å². The van der Waals surface area contributed by atoms with E-state index < -0.39 is 0 Å². The van der Waals surface area contributed by atoms with Crippen molar-refractivity contribution < 1.29 is 15.0 Å². The minimum Gasteiger partial charge on any atom is -0.393 e. The molecule has 2 N–H and O–H groups in total. The molecule has 8 atom stereocenters. The molecular formula is C34H50N2O3. The first-order chi connectivity index (χ1) is 18.7. The highest BCUT2D eigenvalue weighted by molar-refractivity contribution is 5.76. The molecule has 1 amide bonds. The first-order valence-electron chi connectivity index (χ1n) is 15.9. The summed E-state index contributed by atoms with van der Waals surface area (Å²) < 4.78 is 0. The smallest absolute Gasteiger partial charge is 0.222 e. The summed E-state index contributed by atoms with van der Waals surface area (Å²) in [5.41, 5.74) is 4.59. The van der Waals surface area contributed by atoms with Crippen LogP contribution in [0.15, 0.2) is 41.5 Å². The molecule has 0 spiro atoms. The highest BCUT2D eigenvalue weighted by Gasteiger charge is 2.59. The SMILES string of the molecule is CC(CCC(=O)N1CCN(c2ccccc2)CC1)C1CCC2=C3CCC4CC(O)CCC4(C)C3CC(O)C21C. The van der Waals surface area contributed by atoms with E-state index >= 15 is 0 Å². The molecule has 5 aliphatic rings. The van der Waals surface area contributed by atoms with Gasteiger partial charge in [-0.1, -0.05) is 50.1 Å². The van der Waals surface area contributed by atoms with Gasteiger partial charge in [0.1, 0.15) is 0 Å². The van der Waals surface area contributed by atoms with Crippen molar-refractivity contribution >= 4 is 11.6 Å². The average Bonchev–Trinajstić information content (AvgIpc) is 3.32. The van der Waals surface area contributed by atoms with Crippen LogP contribution in [-0.4, -0.2) is 59.4 Å². The molecule has 1 saturated heterocycles. The molecule has 214 valence electrons. The molecule has 1 aromatic carbocycles. The Balaban J connectivity index is 1.09. The van der Waals surface area contributed by atoms with Crippen LogP contribution in [0.2, 0.25) is 0 Å². The van der Waals surface area contributed by atoms with E-state index in [2.05, 4.69) is 54.8 Å². The van der Waals surface area contributed by atoms with E-state index in [4.69, 9.17) is 0 Å². The Bertz CT molecular complexity index is 1080. The third-order valence-corrected chi connectivity index (χ3v) is 12.4. The fourth-order valence-electron chi connectivity index (χ4n) is 9.93. The summed E-state index contributed by atoms with van der Waals surface area (Å²) in [5, 5.41) is 22.1. The number of anilines is 1. The number of allylic oxidation sites excluding steroid dienone is 1. The van der Waals surface area contributed by atoms with Gasteiger partial charge in [0.2, 0.25) is 5.91 Å². The van der Waals surface area contributed by atoms with Crippen molar-refractivity contribution in [2.45, 2.75) is 97.2 Å². The minimum atomic E-state index is -0.305. The van der Waals surface area contributed by atoms with Crippen molar-refractivity contribution in [2.75, 3.05) is 31.1 Å². The Morgan fingerprint density at radius 3 is 2.49 bits per heavy atom. The standard InChI is InChI=1S/C34H50N2O3/c1-23(9-14-32(39)36-19-17-35(18-20-36)25-7-5-4-6-8-25)28-12-13-29-27-11-10-24-21-26(37)15-16-33(24,2)30(27)22-31(38)34(28,29)3/h4-8,23-24,26,28,30-31,37-38H,9-22H2,1-3H3. The molecule has 1 aromatic rings. The quantitative estimate of drug-likeness (QED) is 0.468. The molecule has 4 aliphatic carbocycles. The van der Waals surface area contributed by atoms with Crippen LogP contribution in [0, 0.1) is 34.5 Å². The second-order valence-corrected chi connectivity index (χ2v) is 14.1. The van der Waals surface area contributed by atoms with Crippen LogP contribution < -0.4 is 4.90 Å².